The van der Waals surface area contributed by atoms with Gasteiger partial charge in [0.1, 0.15) is 24.0 Å². The van der Waals surface area contributed by atoms with E-state index in [1.807, 2.05) is 6.20 Å². The molecule has 0 saturated heterocycles. The van der Waals surface area contributed by atoms with E-state index in [1.165, 1.54) is 61.4 Å². The third-order valence-electron chi connectivity index (χ3n) is 13.1. The Hall–Kier alpha value is -6.33. The Labute approximate surface area is 381 Å². The highest BCUT2D eigenvalue weighted by Gasteiger charge is 2.30. The standard InChI is InChI=1S/C59H64N4O/c1-37(2)41-28-50(38(3)4)57(51(29-41)39(5)6)40-26-27-60-56(30-40)63-52-21-14-13-20-48(52)49-25-24-47(35-55(49)63)64-46-19-17-18-44(34-46)61-36-62(54-23-16-15-22-53(54)61)45-32-42(58(7,8)9)31-43(33-45)59(10,11)12/h13-35,37-39H,36H2,1-12H3. The predicted molar refractivity (Wildman–Crippen MR) is 272 cm³/mol. The zero-order chi connectivity index (χ0) is 45.2. The van der Waals surface area contributed by atoms with E-state index in [9.17, 15) is 0 Å². The number of anilines is 4. The van der Waals surface area contributed by atoms with Crippen LogP contribution < -0.4 is 14.5 Å². The van der Waals surface area contributed by atoms with Gasteiger partial charge in [0, 0.05) is 40.5 Å². The van der Waals surface area contributed by atoms with Crippen LogP contribution in [0.2, 0.25) is 0 Å². The highest BCUT2D eigenvalue weighted by molar-refractivity contribution is 6.09. The summed E-state index contributed by atoms with van der Waals surface area (Å²) in [5.41, 5.74) is 16.3. The van der Waals surface area contributed by atoms with Crippen molar-refractivity contribution in [3.63, 3.8) is 0 Å². The molecular formula is C59H64N4O. The topological polar surface area (TPSA) is 33.5 Å². The van der Waals surface area contributed by atoms with Crippen LogP contribution in [0.15, 0.2) is 140 Å². The number of hydrogen-bond acceptors (Lipinski definition) is 4. The van der Waals surface area contributed by atoms with Crippen molar-refractivity contribution in [2.45, 2.75) is 112 Å². The molecule has 0 fully saturated rings. The minimum atomic E-state index is 0.0215. The van der Waals surface area contributed by atoms with Crippen LogP contribution in [0, 0.1) is 0 Å². The van der Waals surface area contributed by atoms with Crippen molar-refractivity contribution in [1.29, 1.82) is 0 Å². The summed E-state index contributed by atoms with van der Waals surface area (Å²) in [5, 5.41) is 2.35. The summed E-state index contributed by atoms with van der Waals surface area (Å²) in [6.45, 7) is 28.4. The Morgan fingerprint density at radius 1 is 0.516 bits per heavy atom. The van der Waals surface area contributed by atoms with Crippen molar-refractivity contribution in [2.24, 2.45) is 0 Å². The maximum Gasteiger partial charge on any atom is 0.138 e. The molecule has 0 bridgehead atoms. The van der Waals surface area contributed by atoms with Gasteiger partial charge in [0.15, 0.2) is 0 Å². The lowest BCUT2D eigenvalue weighted by molar-refractivity contribution is 0.483. The smallest absolute Gasteiger partial charge is 0.138 e. The second kappa shape index (κ2) is 16.3. The van der Waals surface area contributed by atoms with E-state index in [-0.39, 0.29) is 10.8 Å². The third kappa shape index (κ3) is 7.95. The van der Waals surface area contributed by atoms with E-state index >= 15 is 0 Å². The average Bonchev–Trinajstić information content (AvgIpc) is 3.81. The summed E-state index contributed by atoms with van der Waals surface area (Å²) in [6.07, 6.45) is 1.98. The first-order valence-electron chi connectivity index (χ1n) is 23.2. The minimum absolute atomic E-state index is 0.0215. The minimum Gasteiger partial charge on any atom is -0.457 e. The Morgan fingerprint density at radius 2 is 1.11 bits per heavy atom. The quantitative estimate of drug-likeness (QED) is 0.145. The average molecular weight is 845 g/mol. The van der Waals surface area contributed by atoms with E-state index in [4.69, 9.17) is 9.72 Å². The number of rotatable bonds is 9. The van der Waals surface area contributed by atoms with Gasteiger partial charge in [-0.2, -0.15) is 0 Å². The number of aromatic nitrogens is 2. The fourth-order valence-electron chi connectivity index (χ4n) is 9.39. The van der Waals surface area contributed by atoms with Crippen LogP contribution >= 0.6 is 0 Å². The number of nitrogens with zero attached hydrogens (tertiary/aromatic N) is 4. The monoisotopic (exact) mass is 845 g/mol. The van der Waals surface area contributed by atoms with Gasteiger partial charge in [0.05, 0.1) is 22.4 Å². The largest absolute Gasteiger partial charge is 0.457 e. The molecule has 0 aliphatic carbocycles. The molecule has 0 atom stereocenters. The number of ether oxygens (including phenoxy) is 1. The number of pyridine rings is 1. The lowest BCUT2D eigenvalue weighted by Gasteiger charge is -2.29. The van der Waals surface area contributed by atoms with E-state index < -0.39 is 0 Å². The molecular weight excluding hydrogens is 781 g/mol. The summed E-state index contributed by atoms with van der Waals surface area (Å²) < 4.78 is 9.12. The van der Waals surface area contributed by atoms with Gasteiger partial charge in [0.2, 0.25) is 0 Å². The summed E-state index contributed by atoms with van der Waals surface area (Å²) in [6, 6.07) is 48.9. The van der Waals surface area contributed by atoms with Gasteiger partial charge in [-0.05, 0) is 134 Å². The fraction of sp³-hybridized carbons (Fsp3) is 0.305. The van der Waals surface area contributed by atoms with Crippen LogP contribution in [0.1, 0.15) is 129 Å². The van der Waals surface area contributed by atoms with Gasteiger partial charge >= 0.3 is 0 Å². The molecule has 326 valence electrons. The van der Waals surface area contributed by atoms with E-state index in [1.54, 1.807) is 0 Å². The molecule has 0 amide bonds. The molecule has 9 rings (SSSR count). The molecule has 5 nitrogen and oxygen atoms in total. The number of para-hydroxylation sites is 3. The number of hydrogen-bond donors (Lipinski definition) is 0. The molecule has 64 heavy (non-hydrogen) atoms. The molecule has 0 saturated carbocycles. The lowest BCUT2D eigenvalue weighted by atomic mass is 9.80. The lowest BCUT2D eigenvalue weighted by Crippen LogP contribution is -2.25. The summed E-state index contributed by atoms with van der Waals surface area (Å²) >= 11 is 0. The van der Waals surface area contributed by atoms with Crippen molar-refractivity contribution in [3.8, 4) is 28.4 Å². The van der Waals surface area contributed by atoms with Crippen LogP contribution in [0.5, 0.6) is 11.5 Å². The van der Waals surface area contributed by atoms with E-state index in [0.717, 1.165) is 39.4 Å². The van der Waals surface area contributed by atoms with Crippen molar-refractivity contribution in [1.82, 2.24) is 9.55 Å². The van der Waals surface area contributed by atoms with Crippen LogP contribution in [-0.2, 0) is 10.8 Å². The highest BCUT2D eigenvalue weighted by Crippen LogP contribution is 2.47. The SMILES string of the molecule is CC(C)c1cc(C(C)C)c(-c2ccnc(-n3c4ccccc4c4ccc(Oc5cccc(N6CN(c7cc(C(C)(C)C)cc(C(C)(C)C)c7)c7ccccc76)c5)cc43)c2)c(C(C)C)c1. The summed E-state index contributed by atoms with van der Waals surface area (Å²) in [5.74, 6) is 3.66. The van der Waals surface area contributed by atoms with Gasteiger partial charge in [-0.3, -0.25) is 4.57 Å². The maximum atomic E-state index is 6.81. The molecule has 3 heterocycles. The molecule has 2 aromatic heterocycles. The van der Waals surface area contributed by atoms with Gasteiger partial charge in [0.25, 0.3) is 0 Å². The van der Waals surface area contributed by atoms with E-state index in [0.29, 0.717) is 24.4 Å². The Balaban J connectivity index is 1.09. The zero-order valence-electron chi connectivity index (χ0n) is 39.9. The van der Waals surface area contributed by atoms with Crippen molar-refractivity contribution < 1.29 is 4.74 Å². The van der Waals surface area contributed by atoms with Gasteiger partial charge in [-0.1, -0.05) is 138 Å². The summed E-state index contributed by atoms with van der Waals surface area (Å²) in [4.78, 5) is 9.92. The van der Waals surface area contributed by atoms with Gasteiger partial charge in [-0.25, -0.2) is 4.98 Å². The molecule has 8 aromatic rings. The predicted octanol–water partition coefficient (Wildman–Crippen LogP) is 16.9. The molecule has 5 heteroatoms. The molecule has 1 aliphatic rings. The molecule has 0 radical (unpaired) electrons. The Kier molecular flexibility index (Phi) is 11.0. The van der Waals surface area contributed by atoms with Gasteiger partial charge < -0.3 is 14.5 Å². The zero-order valence-corrected chi connectivity index (χ0v) is 39.9. The summed E-state index contributed by atoms with van der Waals surface area (Å²) in [7, 11) is 0. The normalized spacial score (nSPS) is 13.3. The van der Waals surface area contributed by atoms with Crippen molar-refractivity contribution in [2.75, 3.05) is 16.5 Å². The van der Waals surface area contributed by atoms with Crippen molar-refractivity contribution in [3.05, 3.63) is 167 Å². The van der Waals surface area contributed by atoms with Crippen LogP contribution in [-0.4, -0.2) is 16.2 Å². The first-order chi connectivity index (χ1) is 30.5. The first-order valence-corrected chi connectivity index (χ1v) is 23.2. The maximum absolute atomic E-state index is 6.81. The molecule has 0 N–H and O–H groups in total. The second-order valence-electron chi connectivity index (χ2n) is 20.8. The van der Waals surface area contributed by atoms with E-state index in [2.05, 4.69) is 231 Å². The highest BCUT2D eigenvalue weighted by atomic mass is 16.5. The number of benzene rings is 6. The second-order valence-corrected chi connectivity index (χ2v) is 20.8. The molecule has 0 unspecified atom stereocenters. The molecule has 6 aromatic carbocycles. The molecule has 0 spiro atoms. The molecule has 1 aliphatic heterocycles. The van der Waals surface area contributed by atoms with Gasteiger partial charge in [-0.15, -0.1) is 0 Å². The Bertz CT molecular complexity index is 2970. The van der Waals surface area contributed by atoms with Crippen molar-refractivity contribution >= 4 is 44.6 Å². The Morgan fingerprint density at radius 3 is 1.73 bits per heavy atom. The van der Waals surface area contributed by atoms with Crippen LogP contribution in [0.4, 0.5) is 22.7 Å². The van der Waals surface area contributed by atoms with Crippen LogP contribution in [0.25, 0.3) is 38.8 Å². The van der Waals surface area contributed by atoms with Crippen LogP contribution in [0.3, 0.4) is 0 Å². The number of fused-ring (bicyclic) bond motifs is 4. The third-order valence-corrected chi connectivity index (χ3v) is 13.1. The first kappa shape index (κ1) is 42.9. The fourth-order valence-corrected chi connectivity index (χ4v) is 9.39.